The van der Waals surface area contributed by atoms with Crippen molar-refractivity contribution in [3.63, 3.8) is 0 Å². The van der Waals surface area contributed by atoms with Crippen molar-refractivity contribution in [3.8, 4) is 11.3 Å². The van der Waals surface area contributed by atoms with Crippen molar-refractivity contribution < 1.29 is 22.5 Å². The number of hydrogen-bond acceptors (Lipinski definition) is 8. The van der Waals surface area contributed by atoms with E-state index in [1.807, 2.05) is 25.1 Å². The molecule has 41 heavy (non-hydrogen) atoms. The highest BCUT2D eigenvalue weighted by molar-refractivity contribution is 7.92. The summed E-state index contributed by atoms with van der Waals surface area (Å²) in [6.45, 7) is 7.41. The predicted molar refractivity (Wildman–Crippen MR) is 158 cm³/mol. The summed E-state index contributed by atoms with van der Waals surface area (Å²) in [7, 11) is -4.13. The first-order chi connectivity index (χ1) is 19.7. The molecular weight excluding hydrogens is 566 g/mol. The van der Waals surface area contributed by atoms with Crippen molar-refractivity contribution in [3.05, 3.63) is 58.4 Å². The van der Waals surface area contributed by atoms with Gasteiger partial charge in [-0.2, -0.15) is 0 Å². The van der Waals surface area contributed by atoms with Gasteiger partial charge in [0, 0.05) is 37.8 Å². The van der Waals surface area contributed by atoms with Crippen molar-refractivity contribution in [2.45, 2.75) is 77.3 Å². The molecule has 1 aromatic carbocycles. The Balaban J connectivity index is 1.71. The molecule has 1 N–H and O–H groups in total. The van der Waals surface area contributed by atoms with Crippen molar-refractivity contribution in [1.82, 2.24) is 15.0 Å². The van der Waals surface area contributed by atoms with Crippen molar-refractivity contribution in [1.29, 1.82) is 0 Å². The number of rotatable bonds is 12. The lowest BCUT2D eigenvalue weighted by molar-refractivity contribution is -0.128. The smallest absolute Gasteiger partial charge is 0.265 e. The summed E-state index contributed by atoms with van der Waals surface area (Å²) in [5, 5.41) is 3.80. The van der Waals surface area contributed by atoms with Crippen molar-refractivity contribution in [2.75, 3.05) is 17.9 Å². The molecule has 0 spiro atoms. The van der Waals surface area contributed by atoms with E-state index in [1.165, 1.54) is 12.3 Å². The van der Waals surface area contributed by atoms with Crippen LogP contribution in [-0.2, 0) is 32.7 Å². The van der Waals surface area contributed by atoms with Gasteiger partial charge in [0.15, 0.2) is 5.76 Å². The number of aliphatic imine (C=N–C) groups is 1. The van der Waals surface area contributed by atoms with E-state index in [-0.39, 0.29) is 33.9 Å². The summed E-state index contributed by atoms with van der Waals surface area (Å²) in [5.74, 6) is 1.10. The highest BCUT2D eigenvalue weighted by Crippen LogP contribution is 2.33. The van der Waals surface area contributed by atoms with E-state index < -0.39 is 10.0 Å². The molecular formula is C29H36ClN5O5S. The minimum absolute atomic E-state index is 0.0462. The molecule has 0 saturated heterocycles. The summed E-state index contributed by atoms with van der Waals surface area (Å²) in [5.41, 5.74) is 2.50. The Morgan fingerprint density at radius 1 is 1.20 bits per heavy atom. The third-order valence-electron chi connectivity index (χ3n) is 6.77. The van der Waals surface area contributed by atoms with Crippen LogP contribution in [0.5, 0.6) is 0 Å². The van der Waals surface area contributed by atoms with Gasteiger partial charge in [-0.05, 0) is 56.4 Å². The SMILES string of the molecule is CCCC/C1=N/CCCCC(=O)N1Cc1ccc(-c2ncccc2S(=O)(=O)Nc2noc(C)c2Cl)c(COCC)c1. The van der Waals surface area contributed by atoms with Gasteiger partial charge in [-0.15, -0.1) is 0 Å². The quantitative estimate of drug-likeness (QED) is 0.264. The maximum absolute atomic E-state index is 13.5. The number of halogens is 1. The number of aromatic nitrogens is 2. The van der Waals surface area contributed by atoms with Gasteiger partial charge >= 0.3 is 0 Å². The van der Waals surface area contributed by atoms with Crippen LogP contribution in [0.25, 0.3) is 11.3 Å². The van der Waals surface area contributed by atoms with Crippen LogP contribution < -0.4 is 4.72 Å². The number of anilines is 1. The first kappa shape index (κ1) is 30.7. The average molecular weight is 602 g/mol. The summed E-state index contributed by atoms with van der Waals surface area (Å²) in [6, 6.07) is 8.69. The molecule has 0 radical (unpaired) electrons. The molecule has 0 saturated carbocycles. The Morgan fingerprint density at radius 2 is 2.02 bits per heavy atom. The molecule has 0 fully saturated rings. The van der Waals surface area contributed by atoms with Crippen LogP contribution in [0.15, 0.2) is 50.9 Å². The van der Waals surface area contributed by atoms with E-state index in [4.69, 9.17) is 25.9 Å². The van der Waals surface area contributed by atoms with Crippen LogP contribution in [0.1, 0.15) is 69.3 Å². The van der Waals surface area contributed by atoms with Gasteiger partial charge in [-0.25, -0.2) is 8.42 Å². The van der Waals surface area contributed by atoms with Crippen LogP contribution >= 0.6 is 11.6 Å². The fourth-order valence-corrected chi connectivity index (χ4v) is 5.95. The molecule has 3 aromatic rings. The molecule has 10 nitrogen and oxygen atoms in total. The number of amides is 1. The standard InChI is InChI=1S/C29H36ClN5O5S/c1-4-6-11-25-31-15-8-7-12-26(36)35(25)18-21-13-14-23(22(17-21)19-39-5-2)28-24(10-9-16-32-28)41(37,38)34-29-27(30)20(3)40-33-29/h9-10,13-14,16-17H,4-8,11-12,15,18-19H2,1-3H3,(H,33,34)/b31-25-. The molecule has 3 heterocycles. The maximum atomic E-state index is 13.5. The number of nitrogens with one attached hydrogen (secondary N) is 1. The molecule has 2 aromatic heterocycles. The van der Waals surface area contributed by atoms with E-state index in [1.54, 1.807) is 17.9 Å². The molecule has 4 rings (SSSR count). The number of aryl methyl sites for hydroxylation is 1. The Bertz CT molecular complexity index is 1500. The molecule has 0 bridgehead atoms. The second-order valence-electron chi connectivity index (χ2n) is 9.82. The summed E-state index contributed by atoms with van der Waals surface area (Å²) < 4.78 is 40.1. The van der Waals surface area contributed by atoms with E-state index in [0.717, 1.165) is 55.6 Å². The number of nitrogens with zero attached hydrogens (tertiary/aromatic N) is 4. The zero-order chi connectivity index (χ0) is 29.4. The van der Waals surface area contributed by atoms with Gasteiger partial charge in [-0.1, -0.05) is 48.3 Å². The van der Waals surface area contributed by atoms with Crippen LogP contribution in [0.2, 0.25) is 5.02 Å². The topological polar surface area (TPSA) is 127 Å². The zero-order valence-electron chi connectivity index (χ0n) is 23.7. The number of benzene rings is 1. The third-order valence-corrected chi connectivity index (χ3v) is 8.58. The molecule has 220 valence electrons. The molecule has 0 unspecified atom stereocenters. The summed E-state index contributed by atoms with van der Waals surface area (Å²) in [4.78, 5) is 24.1. The second-order valence-corrected chi connectivity index (χ2v) is 11.9. The number of pyridine rings is 1. The number of hydrogen-bond donors (Lipinski definition) is 1. The Morgan fingerprint density at radius 3 is 2.76 bits per heavy atom. The van der Waals surface area contributed by atoms with E-state index in [0.29, 0.717) is 30.9 Å². The fourth-order valence-electron chi connectivity index (χ4n) is 4.60. The molecule has 1 aliphatic heterocycles. The van der Waals surface area contributed by atoms with Gasteiger partial charge in [0.1, 0.15) is 15.8 Å². The van der Waals surface area contributed by atoms with Crippen LogP contribution in [0.3, 0.4) is 0 Å². The van der Waals surface area contributed by atoms with E-state index in [9.17, 15) is 13.2 Å². The number of carbonyl (C=O) groups excluding carboxylic acids is 1. The minimum atomic E-state index is -4.13. The molecule has 1 aliphatic rings. The number of amidine groups is 1. The molecule has 0 aliphatic carbocycles. The van der Waals surface area contributed by atoms with Gasteiger partial charge in [0.2, 0.25) is 11.7 Å². The molecule has 0 atom stereocenters. The average Bonchev–Trinajstić information content (AvgIpc) is 3.27. The number of sulfonamides is 1. The first-order valence-corrected chi connectivity index (χ1v) is 15.7. The number of unbranched alkanes of at least 4 members (excludes halogenated alkanes) is 1. The highest BCUT2D eigenvalue weighted by atomic mass is 35.5. The van der Waals surface area contributed by atoms with Gasteiger partial charge in [-0.3, -0.25) is 24.4 Å². The first-order valence-electron chi connectivity index (χ1n) is 13.9. The zero-order valence-corrected chi connectivity index (χ0v) is 25.2. The van der Waals surface area contributed by atoms with E-state index in [2.05, 4.69) is 21.8 Å². The second kappa shape index (κ2) is 14.1. The highest BCUT2D eigenvalue weighted by Gasteiger charge is 2.26. The lowest BCUT2D eigenvalue weighted by Gasteiger charge is -2.27. The predicted octanol–water partition coefficient (Wildman–Crippen LogP) is 6.14. The Labute approximate surface area is 246 Å². The monoisotopic (exact) mass is 601 g/mol. The van der Waals surface area contributed by atoms with Gasteiger partial charge < -0.3 is 9.26 Å². The summed E-state index contributed by atoms with van der Waals surface area (Å²) in [6.07, 6.45) is 6.49. The number of ether oxygens (including phenoxy) is 1. The molecule has 1 amide bonds. The van der Waals surface area contributed by atoms with Crippen LogP contribution in [-0.4, -0.2) is 48.4 Å². The maximum Gasteiger partial charge on any atom is 0.265 e. The Hall–Kier alpha value is -3.28. The Kier molecular flexibility index (Phi) is 10.5. The number of carbonyl (C=O) groups is 1. The lowest BCUT2D eigenvalue weighted by atomic mass is 10.0. The largest absolute Gasteiger partial charge is 0.377 e. The van der Waals surface area contributed by atoms with Crippen molar-refractivity contribution in [2.24, 2.45) is 4.99 Å². The normalized spacial score (nSPS) is 15.8. The van der Waals surface area contributed by atoms with Crippen molar-refractivity contribution >= 4 is 39.2 Å². The molecule has 12 heteroatoms. The fraction of sp³-hybridized carbons (Fsp3) is 0.448. The van der Waals surface area contributed by atoms with Gasteiger partial charge in [0.05, 0.1) is 18.8 Å². The lowest BCUT2D eigenvalue weighted by Crippen LogP contribution is -2.37. The van der Waals surface area contributed by atoms with Crippen LogP contribution in [0.4, 0.5) is 5.82 Å². The summed E-state index contributed by atoms with van der Waals surface area (Å²) >= 11 is 6.15. The third kappa shape index (κ3) is 7.52. The minimum Gasteiger partial charge on any atom is -0.377 e. The van der Waals surface area contributed by atoms with Crippen LogP contribution in [0, 0.1) is 6.92 Å². The van der Waals surface area contributed by atoms with E-state index >= 15 is 0 Å². The van der Waals surface area contributed by atoms with Gasteiger partial charge in [0.25, 0.3) is 10.0 Å².